The first-order chi connectivity index (χ1) is 12.0. The molecule has 3 N–H and O–H groups in total. The highest BCUT2D eigenvalue weighted by Gasteiger charge is 2.08. The van der Waals surface area contributed by atoms with Crippen LogP contribution in [0.5, 0.6) is 11.5 Å². The minimum absolute atomic E-state index is 0.0674. The first-order valence-electron chi connectivity index (χ1n) is 7.75. The number of rotatable bonds is 7. The molecule has 2 aromatic rings. The van der Waals surface area contributed by atoms with E-state index in [-0.39, 0.29) is 19.2 Å². The number of ether oxygens (including phenoxy) is 2. The maximum atomic E-state index is 12.1. The van der Waals surface area contributed by atoms with Crippen molar-refractivity contribution in [1.82, 2.24) is 5.32 Å². The van der Waals surface area contributed by atoms with E-state index in [0.717, 1.165) is 21.3 Å². The summed E-state index contributed by atoms with van der Waals surface area (Å²) in [5, 5.41) is 14.4. The van der Waals surface area contributed by atoms with Crippen molar-refractivity contribution in [3.63, 3.8) is 0 Å². The Labute approximate surface area is 155 Å². The van der Waals surface area contributed by atoms with Crippen LogP contribution in [0.3, 0.4) is 0 Å². The van der Waals surface area contributed by atoms with E-state index in [0.29, 0.717) is 18.0 Å². The standard InChI is InChI=1S/C18H21BrN2O4/c1-12-9-14(19)4-5-15(12)21-18(23)20-11-13-3-6-16(25-8-7-22)17(10-13)24-2/h3-6,9-10,22H,7-8,11H2,1-2H3,(H2,20,21,23). The number of amides is 2. The Kier molecular flexibility index (Phi) is 7.09. The van der Waals surface area contributed by atoms with E-state index in [1.807, 2.05) is 31.2 Å². The largest absolute Gasteiger partial charge is 0.493 e. The van der Waals surface area contributed by atoms with E-state index in [2.05, 4.69) is 26.6 Å². The zero-order chi connectivity index (χ0) is 18.2. The van der Waals surface area contributed by atoms with Crippen LogP contribution in [0, 0.1) is 6.92 Å². The second-order valence-corrected chi connectivity index (χ2v) is 6.24. The molecule has 0 fully saturated rings. The molecule has 2 amide bonds. The van der Waals surface area contributed by atoms with Gasteiger partial charge in [0.1, 0.15) is 6.61 Å². The van der Waals surface area contributed by atoms with E-state index in [1.165, 1.54) is 0 Å². The predicted octanol–water partition coefficient (Wildman–Crippen LogP) is 3.46. The number of nitrogens with one attached hydrogen (secondary N) is 2. The summed E-state index contributed by atoms with van der Waals surface area (Å²) in [6.07, 6.45) is 0. The summed E-state index contributed by atoms with van der Waals surface area (Å²) in [6, 6.07) is 10.7. The van der Waals surface area contributed by atoms with E-state index in [4.69, 9.17) is 14.6 Å². The quantitative estimate of drug-likeness (QED) is 0.655. The molecule has 6 nitrogen and oxygen atoms in total. The molecule has 0 aliphatic rings. The highest BCUT2D eigenvalue weighted by molar-refractivity contribution is 9.10. The van der Waals surface area contributed by atoms with Crippen LogP contribution in [-0.4, -0.2) is 31.5 Å². The summed E-state index contributed by atoms with van der Waals surface area (Å²) in [5.41, 5.74) is 2.60. The first-order valence-corrected chi connectivity index (χ1v) is 8.54. The van der Waals surface area contributed by atoms with Crippen molar-refractivity contribution in [2.24, 2.45) is 0 Å². The van der Waals surface area contributed by atoms with Gasteiger partial charge in [0.05, 0.1) is 13.7 Å². The van der Waals surface area contributed by atoms with Crippen LogP contribution in [0.2, 0.25) is 0 Å². The summed E-state index contributed by atoms with van der Waals surface area (Å²) in [7, 11) is 1.54. The van der Waals surface area contributed by atoms with Crippen molar-refractivity contribution in [2.75, 3.05) is 25.6 Å². The van der Waals surface area contributed by atoms with Gasteiger partial charge in [0.25, 0.3) is 0 Å². The van der Waals surface area contributed by atoms with Crippen molar-refractivity contribution in [3.05, 3.63) is 52.0 Å². The molecule has 0 aliphatic carbocycles. The molecule has 0 radical (unpaired) electrons. The molecule has 0 spiro atoms. The van der Waals surface area contributed by atoms with Crippen LogP contribution < -0.4 is 20.1 Å². The number of benzene rings is 2. The molecule has 0 aliphatic heterocycles. The summed E-state index contributed by atoms with van der Waals surface area (Å²) in [6.45, 7) is 2.40. The third kappa shape index (κ3) is 5.65. The van der Waals surface area contributed by atoms with E-state index < -0.39 is 0 Å². The Morgan fingerprint density at radius 1 is 1.20 bits per heavy atom. The number of hydrogen-bond acceptors (Lipinski definition) is 4. The lowest BCUT2D eigenvalue weighted by atomic mass is 10.2. The topological polar surface area (TPSA) is 79.8 Å². The second-order valence-electron chi connectivity index (χ2n) is 5.32. The Bertz CT molecular complexity index is 737. The molecule has 0 saturated carbocycles. The summed E-state index contributed by atoms with van der Waals surface area (Å²) in [5.74, 6) is 1.10. The predicted molar refractivity (Wildman–Crippen MR) is 100 cm³/mol. The third-order valence-electron chi connectivity index (χ3n) is 3.47. The van der Waals surface area contributed by atoms with Crippen LogP contribution in [-0.2, 0) is 6.54 Å². The monoisotopic (exact) mass is 408 g/mol. The molecule has 0 aromatic heterocycles. The van der Waals surface area contributed by atoms with Crippen LogP contribution in [0.25, 0.3) is 0 Å². The van der Waals surface area contributed by atoms with Gasteiger partial charge in [-0.15, -0.1) is 0 Å². The lowest BCUT2D eigenvalue weighted by Gasteiger charge is -2.13. The fourth-order valence-electron chi connectivity index (χ4n) is 2.21. The summed E-state index contributed by atoms with van der Waals surface area (Å²) in [4.78, 5) is 12.1. The minimum atomic E-state index is -0.287. The van der Waals surface area contributed by atoms with E-state index in [1.54, 1.807) is 19.2 Å². The van der Waals surface area contributed by atoms with Crippen LogP contribution in [0.15, 0.2) is 40.9 Å². The number of carbonyl (C=O) groups is 1. The van der Waals surface area contributed by atoms with Gasteiger partial charge in [-0.25, -0.2) is 4.79 Å². The maximum Gasteiger partial charge on any atom is 0.319 e. The average Bonchev–Trinajstić information content (AvgIpc) is 2.60. The van der Waals surface area contributed by atoms with Gasteiger partial charge in [-0.1, -0.05) is 22.0 Å². The molecule has 0 heterocycles. The number of anilines is 1. The van der Waals surface area contributed by atoms with Crippen LogP contribution in [0.4, 0.5) is 10.5 Å². The smallest absolute Gasteiger partial charge is 0.319 e. The Hall–Kier alpha value is -2.25. The van der Waals surface area contributed by atoms with Crippen molar-refractivity contribution in [1.29, 1.82) is 0 Å². The van der Waals surface area contributed by atoms with Gasteiger partial charge in [0.2, 0.25) is 0 Å². The number of halogens is 1. The third-order valence-corrected chi connectivity index (χ3v) is 3.96. The van der Waals surface area contributed by atoms with Crippen LogP contribution >= 0.6 is 15.9 Å². The molecule has 7 heteroatoms. The molecular weight excluding hydrogens is 388 g/mol. The molecule has 0 saturated heterocycles. The lowest BCUT2D eigenvalue weighted by molar-refractivity contribution is 0.196. The number of aryl methyl sites for hydroxylation is 1. The molecule has 2 rings (SSSR count). The Morgan fingerprint density at radius 2 is 2.00 bits per heavy atom. The van der Waals surface area contributed by atoms with Gasteiger partial charge in [0, 0.05) is 16.7 Å². The number of hydrogen-bond donors (Lipinski definition) is 3. The number of aliphatic hydroxyl groups excluding tert-OH is 1. The molecule has 134 valence electrons. The Balaban J connectivity index is 1.94. The lowest BCUT2D eigenvalue weighted by Crippen LogP contribution is -2.28. The number of methoxy groups -OCH3 is 1. The molecule has 2 aromatic carbocycles. The highest BCUT2D eigenvalue weighted by Crippen LogP contribution is 2.28. The van der Waals surface area contributed by atoms with E-state index in [9.17, 15) is 4.79 Å². The SMILES string of the molecule is COc1cc(CNC(=O)Nc2ccc(Br)cc2C)ccc1OCCO. The first kappa shape index (κ1) is 19.1. The fourth-order valence-corrected chi connectivity index (χ4v) is 2.69. The van der Waals surface area contributed by atoms with E-state index >= 15 is 0 Å². The normalized spacial score (nSPS) is 10.2. The molecular formula is C18H21BrN2O4. The van der Waals surface area contributed by atoms with Crippen molar-refractivity contribution in [3.8, 4) is 11.5 Å². The second kappa shape index (κ2) is 9.29. The van der Waals surface area contributed by atoms with Gasteiger partial charge in [-0.2, -0.15) is 0 Å². The molecule has 0 atom stereocenters. The van der Waals surface area contributed by atoms with Gasteiger partial charge in [-0.3, -0.25) is 0 Å². The zero-order valence-corrected chi connectivity index (χ0v) is 15.7. The maximum absolute atomic E-state index is 12.1. The van der Waals surface area contributed by atoms with Crippen LogP contribution in [0.1, 0.15) is 11.1 Å². The van der Waals surface area contributed by atoms with Gasteiger partial charge in [0.15, 0.2) is 11.5 Å². The average molecular weight is 409 g/mol. The summed E-state index contributed by atoms with van der Waals surface area (Å²) < 4.78 is 11.6. The fraction of sp³-hybridized carbons (Fsp3) is 0.278. The van der Waals surface area contributed by atoms with Crippen molar-refractivity contribution < 1.29 is 19.4 Å². The van der Waals surface area contributed by atoms with Gasteiger partial charge < -0.3 is 25.2 Å². The van der Waals surface area contributed by atoms with Gasteiger partial charge >= 0.3 is 6.03 Å². The van der Waals surface area contributed by atoms with Crippen molar-refractivity contribution in [2.45, 2.75) is 13.5 Å². The highest BCUT2D eigenvalue weighted by atomic mass is 79.9. The minimum Gasteiger partial charge on any atom is -0.493 e. The number of aliphatic hydroxyl groups is 1. The summed E-state index contributed by atoms with van der Waals surface area (Å²) >= 11 is 3.39. The number of carbonyl (C=O) groups excluding carboxylic acids is 1. The van der Waals surface area contributed by atoms with Crippen molar-refractivity contribution >= 4 is 27.6 Å². The molecule has 0 bridgehead atoms. The Morgan fingerprint density at radius 3 is 2.68 bits per heavy atom. The molecule has 25 heavy (non-hydrogen) atoms. The zero-order valence-electron chi connectivity index (χ0n) is 14.1. The molecule has 0 unspecified atom stereocenters. The van der Waals surface area contributed by atoms with Gasteiger partial charge in [-0.05, 0) is 48.4 Å². The number of urea groups is 1.